The quantitative estimate of drug-likeness (QED) is 0.467. The van der Waals surface area contributed by atoms with E-state index in [1.54, 1.807) is 18.0 Å². The summed E-state index contributed by atoms with van der Waals surface area (Å²) in [7, 11) is -3.65. The fraction of sp³-hybridized carbons (Fsp3) is 0.385. The predicted molar refractivity (Wildman–Crippen MR) is 88.2 cm³/mol. The van der Waals surface area contributed by atoms with Crippen LogP contribution >= 0.6 is 23.3 Å². The highest BCUT2D eigenvalue weighted by molar-refractivity contribution is 7.99. The number of sulfonamides is 1. The van der Waals surface area contributed by atoms with E-state index in [0.717, 1.165) is 28.4 Å². The molecule has 0 aromatic carbocycles. The second-order valence-corrected chi connectivity index (χ2v) is 8.62. The van der Waals surface area contributed by atoms with Crippen LogP contribution in [-0.4, -0.2) is 32.4 Å². The van der Waals surface area contributed by atoms with Crippen molar-refractivity contribution in [2.45, 2.75) is 21.8 Å². The molecule has 0 atom stereocenters. The van der Waals surface area contributed by atoms with Gasteiger partial charge in [0.05, 0.1) is 10.8 Å². The lowest BCUT2D eigenvalue weighted by molar-refractivity contribution is 0.540. The van der Waals surface area contributed by atoms with Crippen LogP contribution in [-0.2, 0) is 10.0 Å². The minimum absolute atomic E-state index is 0.200. The SMILES string of the molecule is C#CCNCC1=Cc2cc(S(N)(=O)=O)sc2SN1CCC. The molecule has 0 radical (unpaired) electrons. The van der Waals surface area contributed by atoms with Gasteiger partial charge in [-0.1, -0.05) is 12.8 Å². The van der Waals surface area contributed by atoms with Gasteiger partial charge in [0.1, 0.15) is 4.21 Å². The Hall–Kier alpha value is -0.980. The molecule has 1 aromatic heterocycles. The molecule has 0 amide bonds. The van der Waals surface area contributed by atoms with Crippen LogP contribution in [0, 0.1) is 12.3 Å². The first-order chi connectivity index (χ1) is 9.95. The maximum Gasteiger partial charge on any atom is 0.247 e. The molecule has 3 N–H and O–H groups in total. The Morgan fingerprint density at radius 1 is 1.52 bits per heavy atom. The van der Waals surface area contributed by atoms with Crippen LogP contribution in [0.4, 0.5) is 0 Å². The van der Waals surface area contributed by atoms with Crippen molar-refractivity contribution >= 4 is 39.4 Å². The van der Waals surface area contributed by atoms with Gasteiger partial charge in [-0.15, -0.1) is 17.8 Å². The number of primary sulfonamides is 1. The molecular formula is C13H17N3O2S3. The zero-order valence-electron chi connectivity index (χ0n) is 11.6. The number of hydrogen-bond acceptors (Lipinski definition) is 6. The smallest absolute Gasteiger partial charge is 0.247 e. The first-order valence-corrected chi connectivity index (χ1v) is 9.56. The van der Waals surface area contributed by atoms with Crippen molar-refractivity contribution in [3.8, 4) is 12.3 Å². The van der Waals surface area contributed by atoms with Crippen molar-refractivity contribution in [2.75, 3.05) is 19.6 Å². The van der Waals surface area contributed by atoms with Crippen LogP contribution in [0.1, 0.15) is 18.9 Å². The normalized spacial score (nSPS) is 14.5. The van der Waals surface area contributed by atoms with E-state index >= 15 is 0 Å². The second-order valence-electron chi connectivity index (χ2n) is 4.49. The van der Waals surface area contributed by atoms with E-state index in [-0.39, 0.29) is 4.21 Å². The fourth-order valence-corrected chi connectivity index (χ4v) is 5.27. The van der Waals surface area contributed by atoms with Crippen LogP contribution < -0.4 is 10.5 Å². The maximum atomic E-state index is 11.5. The van der Waals surface area contributed by atoms with Gasteiger partial charge in [0.25, 0.3) is 0 Å². The summed E-state index contributed by atoms with van der Waals surface area (Å²) in [6, 6.07) is 1.63. The zero-order chi connectivity index (χ0) is 15.5. The van der Waals surface area contributed by atoms with Gasteiger partial charge in [0.2, 0.25) is 10.0 Å². The van der Waals surface area contributed by atoms with Crippen molar-refractivity contribution in [3.05, 3.63) is 17.3 Å². The topological polar surface area (TPSA) is 75.4 Å². The third-order valence-electron chi connectivity index (χ3n) is 2.78. The Balaban J connectivity index is 2.28. The molecule has 0 aliphatic carbocycles. The molecule has 1 aliphatic heterocycles. The molecule has 0 bridgehead atoms. The first-order valence-electron chi connectivity index (χ1n) is 6.42. The molecule has 0 saturated heterocycles. The first kappa shape index (κ1) is 16.4. The third kappa shape index (κ3) is 4.02. The number of nitrogens with one attached hydrogen (secondary N) is 1. The van der Waals surface area contributed by atoms with Gasteiger partial charge in [0, 0.05) is 24.4 Å². The van der Waals surface area contributed by atoms with E-state index in [4.69, 9.17) is 11.6 Å². The largest absolute Gasteiger partial charge is 0.314 e. The fourth-order valence-electron chi connectivity index (χ4n) is 1.88. The van der Waals surface area contributed by atoms with E-state index in [1.165, 1.54) is 11.3 Å². The summed E-state index contributed by atoms with van der Waals surface area (Å²) in [5.41, 5.74) is 1.99. The molecular weight excluding hydrogens is 326 g/mol. The van der Waals surface area contributed by atoms with E-state index in [1.807, 2.05) is 6.08 Å². The Labute approximate surface area is 133 Å². The maximum absolute atomic E-state index is 11.5. The number of nitrogens with two attached hydrogens (primary N) is 1. The van der Waals surface area contributed by atoms with E-state index < -0.39 is 10.0 Å². The van der Waals surface area contributed by atoms with Crippen LogP contribution in [0.3, 0.4) is 0 Å². The molecule has 2 rings (SSSR count). The highest BCUT2D eigenvalue weighted by atomic mass is 32.3. The lowest BCUT2D eigenvalue weighted by Crippen LogP contribution is -2.27. The van der Waals surface area contributed by atoms with Crippen LogP contribution in [0.5, 0.6) is 0 Å². The molecule has 21 heavy (non-hydrogen) atoms. The predicted octanol–water partition coefficient (Wildman–Crippen LogP) is 1.69. The number of rotatable bonds is 6. The van der Waals surface area contributed by atoms with Crippen LogP contribution in [0.25, 0.3) is 6.08 Å². The van der Waals surface area contributed by atoms with Crippen molar-refractivity contribution < 1.29 is 8.42 Å². The van der Waals surface area contributed by atoms with Crippen molar-refractivity contribution in [2.24, 2.45) is 5.14 Å². The summed E-state index contributed by atoms with van der Waals surface area (Å²) < 4.78 is 26.2. The molecule has 0 unspecified atom stereocenters. The van der Waals surface area contributed by atoms with Gasteiger partial charge >= 0.3 is 0 Å². The van der Waals surface area contributed by atoms with Crippen molar-refractivity contribution in [3.63, 3.8) is 0 Å². The van der Waals surface area contributed by atoms with Gasteiger partial charge in [0.15, 0.2) is 0 Å². The van der Waals surface area contributed by atoms with Crippen molar-refractivity contribution in [1.29, 1.82) is 0 Å². The van der Waals surface area contributed by atoms with Crippen LogP contribution in [0.2, 0.25) is 0 Å². The summed E-state index contributed by atoms with van der Waals surface area (Å²) in [6.07, 6.45) is 8.23. The Kier molecular flexibility index (Phi) is 5.35. The summed E-state index contributed by atoms with van der Waals surface area (Å²) in [5, 5.41) is 8.36. The average Bonchev–Trinajstić information content (AvgIpc) is 2.82. The second kappa shape index (κ2) is 6.85. The number of fused-ring (bicyclic) bond motifs is 1. The standard InChI is InChI=1S/C13H17N3O2S3/c1-3-5-15-9-11-7-10-8-12(21(14,17)18)19-13(10)20-16(11)6-4-2/h1,7-8,15H,4-6,9H2,2H3,(H2,14,17,18). The molecule has 5 nitrogen and oxygen atoms in total. The summed E-state index contributed by atoms with van der Waals surface area (Å²) in [4.78, 5) is 0. The molecule has 8 heteroatoms. The highest BCUT2D eigenvalue weighted by Crippen LogP contribution is 2.42. The van der Waals surface area contributed by atoms with Gasteiger partial charge in [-0.2, -0.15) is 0 Å². The molecule has 1 aliphatic rings. The summed E-state index contributed by atoms with van der Waals surface area (Å²) >= 11 is 2.77. The van der Waals surface area contributed by atoms with Gasteiger partial charge in [-0.25, -0.2) is 13.6 Å². The number of hydrogen-bond donors (Lipinski definition) is 2. The highest BCUT2D eigenvalue weighted by Gasteiger charge is 2.23. The molecule has 2 heterocycles. The Morgan fingerprint density at radius 3 is 2.90 bits per heavy atom. The number of terminal acetylenes is 1. The van der Waals surface area contributed by atoms with Crippen molar-refractivity contribution in [1.82, 2.24) is 9.62 Å². The molecule has 0 fully saturated rings. The number of nitrogens with zero attached hydrogens (tertiary/aromatic N) is 1. The van der Waals surface area contributed by atoms with Gasteiger partial charge in [-0.05, 0) is 30.5 Å². The Bertz CT molecular complexity index is 686. The summed E-state index contributed by atoms with van der Waals surface area (Å²) in [5.74, 6) is 2.54. The van der Waals surface area contributed by atoms with Gasteiger partial charge < -0.3 is 9.62 Å². The monoisotopic (exact) mass is 343 g/mol. The zero-order valence-corrected chi connectivity index (χ0v) is 14.1. The number of thiophene rings is 1. The van der Waals surface area contributed by atoms with Crippen LogP contribution in [0.15, 0.2) is 20.2 Å². The minimum Gasteiger partial charge on any atom is -0.314 e. The molecule has 0 saturated carbocycles. The van der Waals surface area contributed by atoms with E-state index in [2.05, 4.69) is 22.5 Å². The van der Waals surface area contributed by atoms with Gasteiger partial charge in [-0.3, -0.25) is 0 Å². The lowest BCUT2D eigenvalue weighted by Gasteiger charge is -2.28. The minimum atomic E-state index is -3.65. The molecule has 0 spiro atoms. The molecule has 114 valence electrons. The summed E-state index contributed by atoms with van der Waals surface area (Å²) in [6.45, 7) is 4.14. The molecule has 1 aromatic rings. The average molecular weight is 343 g/mol. The lowest BCUT2D eigenvalue weighted by atomic mass is 10.2. The van der Waals surface area contributed by atoms with E-state index in [9.17, 15) is 8.42 Å². The third-order valence-corrected chi connectivity index (χ3v) is 6.66. The Morgan fingerprint density at radius 2 is 2.29 bits per heavy atom. The van der Waals surface area contributed by atoms with E-state index in [0.29, 0.717) is 13.1 Å².